The minimum absolute atomic E-state index is 0. The van der Waals surface area contributed by atoms with E-state index in [1.54, 1.807) is 0 Å². The van der Waals surface area contributed by atoms with E-state index in [0.29, 0.717) is 6.10 Å². The molecule has 0 amide bonds. The smallest absolute Gasteiger partial charge is 0.0814 e. The van der Waals surface area contributed by atoms with Crippen molar-refractivity contribution in [3.05, 3.63) is 0 Å². The van der Waals surface area contributed by atoms with Gasteiger partial charge in [-0.15, -0.1) is 0 Å². The topological polar surface area (TPSA) is 12.5 Å². The number of ether oxygens (including phenoxy) is 1. The Labute approximate surface area is 33.9 Å². The number of hydrogen-bond donors (Lipinski definition) is 0. The van der Waals surface area contributed by atoms with Crippen LogP contribution in [0.2, 0.25) is 0 Å². The van der Waals surface area contributed by atoms with Crippen LogP contribution in [-0.4, -0.2) is 21.1 Å². The predicted molar refractivity (Wildman–Crippen MR) is 25.4 cm³/mol. The second kappa shape index (κ2) is 1.46. The van der Waals surface area contributed by atoms with E-state index < -0.39 is 0 Å². The van der Waals surface area contributed by atoms with Gasteiger partial charge in [0.15, 0.2) is 0 Å². The van der Waals surface area contributed by atoms with Gasteiger partial charge in [0.2, 0.25) is 0 Å². The van der Waals surface area contributed by atoms with Crippen molar-refractivity contribution < 1.29 is 4.74 Å². The van der Waals surface area contributed by atoms with Gasteiger partial charge in [0.1, 0.15) is 0 Å². The molecule has 0 saturated carbocycles. The van der Waals surface area contributed by atoms with Gasteiger partial charge in [-0.05, 0) is 6.92 Å². The third kappa shape index (κ3) is 1.80. The predicted octanol–water partition coefficient (Wildman–Crippen LogP) is -0.779. The Morgan fingerprint density at radius 1 is 1.80 bits per heavy atom. The lowest BCUT2D eigenvalue weighted by Gasteiger charge is -1.50. The monoisotopic (exact) mass is 72.1 g/mol. The summed E-state index contributed by atoms with van der Waals surface area (Å²) in [6.45, 7) is 3.04. The van der Waals surface area contributed by atoms with Crippen LogP contribution in [0.4, 0.5) is 0 Å². The van der Waals surface area contributed by atoms with E-state index in [2.05, 4.69) is 6.92 Å². The Kier molecular flexibility index (Phi) is 1.47. The van der Waals surface area contributed by atoms with E-state index in [4.69, 9.17) is 4.74 Å². The third-order valence-electron chi connectivity index (χ3n) is 0.500. The fraction of sp³-hybridized carbons (Fsp3) is 1.00. The van der Waals surface area contributed by atoms with Crippen LogP contribution in [0, 0.1) is 0 Å². The Morgan fingerprint density at radius 3 is 2.00 bits per heavy atom. The summed E-state index contributed by atoms with van der Waals surface area (Å²) >= 11 is 0. The van der Waals surface area contributed by atoms with Crippen molar-refractivity contribution in [2.24, 2.45) is 0 Å². The second-order valence-electron chi connectivity index (χ2n) is 1.14. The Hall–Kier alpha value is 0.0249. The highest BCUT2D eigenvalue weighted by Gasteiger charge is 2.13. The molecular formula is C3H9BO. The summed E-state index contributed by atoms with van der Waals surface area (Å²) < 4.78 is 4.71. The molecule has 5 heavy (non-hydrogen) atoms. The third-order valence-corrected chi connectivity index (χ3v) is 0.500. The van der Waals surface area contributed by atoms with Gasteiger partial charge in [0, 0.05) is 0 Å². The maximum atomic E-state index is 4.71. The van der Waals surface area contributed by atoms with Crippen LogP contribution in [0.1, 0.15) is 6.92 Å². The molecule has 1 aliphatic heterocycles. The van der Waals surface area contributed by atoms with Gasteiger partial charge < -0.3 is 4.74 Å². The van der Waals surface area contributed by atoms with E-state index in [-0.39, 0.29) is 8.41 Å². The van der Waals surface area contributed by atoms with Gasteiger partial charge in [-0.25, -0.2) is 0 Å². The summed E-state index contributed by atoms with van der Waals surface area (Å²) in [5.41, 5.74) is 0. The van der Waals surface area contributed by atoms with Crippen LogP contribution in [0.15, 0.2) is 0 Å². The van der Waals surface area contributed by atoms with E-state index in [1.165, 1.54) is 0 Å². The van der Waals surface area contributed by atoms with Crippen molar-refractivity contribution in [3.63, 3.8) is 0 Å². The molecule has 0 bridgehead atoms. The fourth-order valence-corrected chi connectivity index (χ4v) is 0.0962. The second-order valence-corrected chi connectivity index (χ2v) is 1.14. The molecule has 1 rings (SSSR count). The molecule has 1 unspecified atom stereocenters. The van der Waals surface area contributed by atoms with E-state index in [9.17, 15) is 0 Å². The molecule has 1 nitrogen and oxygen atoms in total. The molecule has 1 aliphatic rings. The van der Waals surface area contributed by atoms with Crippen LogP contribution < -0.4 is 0 Å². The molecule has 0 spiro atoms. The summed E-state index contributed by atoms with van der Waals surface area (Å²) in [7, 11) is 0. The average molecular weight is 71.9 g/mol. The number of rotatable bonds is 0. The van der Waals surface area contributed by atoms with Gasteiger partial charge in [-0.2, -0.15) is 0 Å². The highest BCUT2D eigenvalue weighted by atomic mass is 16.6. The Balaban J connectivity index is 0.000000160. The number of hydrogen-bond acceptors (Lipinski definition) is 1. The maximum Gasteiger partial charge on any atom is 0.0814 e. The zero-order chi connectivity index (χ0) is 2.99. The molecule has 0 aliphatic carbocycles. The maximum absolute atomic E-state index is 4.71. The minimum Gasteiger partial charge on any atom is -0.373 e. The average Bonchev–Trinajstić information content (AvgIpc) is 1.75. The van der Waals surface area contributed by atoms with Crippen LogP contribution in [0.25, 0.3) is 0 Å². The zero-order valence-corrected chi connectivity index (χ0v) is 2.69. The van der Waals surface area contributed by atoms with E-state index >= 15 is 0 Å². The largest absolute Gasteiger partial charge is 0.373 e. The molecule has 0 aromatic heterocycles. The standard InChI is InChI=1S/C3H6O.BH3/c1-3-2-4-3;/h3H,2H2,1H3;1H3. The molecule has 30 valence electrons. The fourth-order valence-electron chi connectivity index (χ4n) is 0.0962. The Morgan fingerprint density at radius 2 is 2.00 bits per heavy atom. The van der Waals surface area contributed by atoms with Gasteiger partial charge in [0.25, 0.3) is 0 Å². The van der Waals surface area contributed by atoms with Crippen LogP contribution in [-0.2, 0) is 4.74 Å². The van der Waals surface area contributed by atoms with Crippen molar-refractivity contribution >= 4 is 8.41 Å². The van der Waals surface area contributed by atoms with Crippen molar-refractivity contribution in [2.75, 3.05) is 6.61 Å². The number of epoxide rings is 1. The molecule has 0 aromatic rings. The lowest BCUT2D eigenvalue weighted by molar-refractivity contribution is 0.423. The van der Waals surface area contributed by atoms with Gasteiger partial charge in [-0.1, -0.05) is 0 Å². The molecular weight excluding hydrogens is 62.8 g/mol. The Bertz CT molecular complexity index is 26.1. The minimum atomic E-state index is 0. The van der Waals surface area contributed by atoms with Crippen molar-refractivity contribution in [1.82, 2.24) is 0 Å². The van der Waals surface area contributed by atoms with Crippen molar-refractivity contribution in [1.29, 1.82) is 0 Å². The summed E-state index contributed by atoms with van der Waals surface area (Å²) in [5.74, 6) is 0. The van der Waals surface area contributed by atoms with Gasteiger partial charge >= 0.3 is 0 Å². The lowest BCUT2D eigenvalue weighted by atomic mass is 10.6. The van der Waals surface area contributed by atoms with Gasteiger partial charge in [0.05, 0.1) is 21.1 Å². The summed E-state index contributed by atoms with van der Waals surface area (Å²) in [6, 6.07) is 0. The van der Waals surface area contributed by atoms with Crippen molar-refractivity contribution in [3.8, 4) is 0 Å². The molecule has 0 aromatic carbocycles. The molecule has 2 heteroatoms. The first-order valence-electron chi connectivity index (χ1n) is 1.51. The summed E-state index contributed by atoms with van der Waals surface area (Å²) in [5, 5.41) is 0. The van der Waals surface area contributed by atoms with E-state index in [0.717, 1.165) is 6.61 Å². The molecule has 0 N–H and O–H groups in total. The molecule has 1 saturated heterocycles. The summed E-state index contributed by atoms with van der Waals surface area (Å²) in [4.78, 5) is 0. The molecule has 1 atom stereocenters. The first-order valence-corrected chi connectivity index (χ1v) is 1.51. The quantitative estimate of drug-likeness (QED) is 0.270. The highest BCUT2D eigenvalue weighted by molar-refractivity contribution is 5.75. The first kappa shape index (κ1) is 5.02. The van der Waals surface area contributed by atoms with Crippen LogP contribution in [0.5, 0.6) is 0 Å². The van der Waals surface area contributed by atoms with E-state index in [1.807, 2.05) is 0 Å². The highest BCUT2D eigenvalue weighted by Crippen LogP contribution is 2.04. The normalized spacial score (nSPS) is 31.8. The SMILES string of the molecule is B.CC1CO1. The first-order chi connectivity index (χ1) is 1.89. The molecule has 1 heterocycles. The molecule has 1 fully saturated rings. The zero-order valence-electron chi connectivity index (χ0n) is 2.69. The summed E-state index contributed by atoms with van der Waals surface area (Å²) in [6.07, 6.45) is 0.583. The van der Waals surface area contributed by atoms with Crippen LogP contribution in [0.3, 0.4) is 0 Å². The lowest BCUT2D eigenvalue weighted by Crippen LogP contribution is -1.60. The van der Waals surface area contributed by atoms with Crippen LogP contribution >= 0.6 is 0 Å². The molecule has 0 radical (unpaired) electrons. The van der Waals surface area contributed by atoms with Crippen molar-refractivity contribution in [2.45, 2.75) is 13.0 Å². The van der Waals surface area contributed by atoms with Gasteiger partial charge in [-0.3, -0.25) is 0 Å².